The Balaban J connectivity index is 1.57. The first-order valence-corrected chi connectivity index (χ1v) is 9.91. The predicted octanol–water partition coefficient (Wildman–Crippen LogP) is 2.28. The molecule has 1 aromatic heterocycles. The van der Waals surface area contributed by atoms with Gasteiger partial charge in [0.1, 0.15) is 5.82 Å². The van der Waals surface area contributed by atoms with Crippen molar-refractivity contribution < 1.29 is 14.3 Å². The largest absolute Gasteiger partial charge is 0.372 e. The Kier molecular flexibility index (Phi) is 6.31. The SMILES string of the molecule is CCC(=O)N1CCCC(C(=O)Nc2ccc(N3CC(C)OC(C)C3)nc2)C1. The number of nitrogens with zero attached hydrogens (tertiary/aromatic N) is 3. The minimum Gasteiger partial charge on any atom is -0.372 e. The zero-order chi connectivity index (χ0) is 19.4. The van der Waals surface area contributed by atoms with E-state index in [0.29, 0.717) is 18.7 Å². The monoisotopic (exact) mass is 374 g/mol. The number of amides is 2. The van der Waals surface area contributed by atoms with Gasteiger partial charge in [0, 0.05) is 32.6 Å². The van der Waals surface area contributed by atoms with Gasteiger partial charge in [0.05, 0.1) is 30.0 Å². The van der Waals surface area contributed by atoms with Crippen molar-refractivity contribution in [1.29, 1.82) is 0 Å². The van der Waals surface area contributed by atoms with Gasteiger partial charge in [-0.05, 0) is 38.8 Å². The minimum absolute atomic E-state index is 0.0354. The molecule has 27 heavy (non-hydrogen) atoms. The van der Waals surface area contributed by atoms with Gasteiger partial charge in [-0.2, -0.15) is 0 Å². The third-order valence-corrected chi connectivity index (χ3v) is 5.21. The van der Waals surface area contributed by atoms with Gasteiger partial charge < -0.3 is 19.9 Å². The predicted molar refractivity (Wildman–Crippen MR) is 105 cm³/mol. The molecule has 1 aromatic rings. The summed E-state index contributed by atoms with van der Waals surface area (Å²) in [5, 5.41) is 2.95. The Morgan fingerprint density at radius 3 is 2.59 bits per heavy atom. The normalized spacial score (nSPS) is 26.0. The van der Waals surface area contributed by atoms with E-state index < -0.39 is 0 Å². The first-order chi connectivity index (χ1) is 13.0. The lowest BCUT2D eigenvalue weighted by Gasteiger charge is -2.36. The van der Waals surface area contributed by atoms with Crippen LogP contribution in [0.3, 0.4) is 0 Å². The maximum atomic E-state index is 12.6. The summed E-state index contributed by atoms with van der Waals surface area (Å²) in [4.78, 5) is 33.0. The van der Waals surface area contributed by atoms with Crippen LogP contribution in [0.1, 0.15) is 40.0 Å². The third kappa shape index (κ3) is 4.97. The van der Waals surface area contributed by atoms with Crippen LogP contribution in [0.25, 0.3) is 0 Å². The summed E-state index contributed by atoms with van der Waals surface area (Å²) < 4.78 is 5.76. The smallest absolute Gasteiger partial charge is 0.229 e. The van der Waals surface area contributed by atoms with E-state index in [1.165, 1.54) is 0 Å². The molecule has 3 heterocycles. The molecule has 2 aliphatic heterocycles. The van der Waals surface area contributed by atoms with Crippen molar-refractivity contribution in [1.82, 2.24) is 9.88 Å². The van der Waals surface area contributed by atoms with E-state index in [-0.39, 0.29) is 29.9 Å². The number of nitrogens with one attached hydrogen (secondary N) is 1. The molecule has 3 atom stereocenters. The Morgan fingerprint density at radius 2 is 1.96 bits per heavy atom. The molecule has 7 heteroatoms. The quantitative estimate of drug-likeness (QED) is 0.875. The lowest BCUT2D eigenvalue weighted by Crippen LogP contribution is -2.45. The molecule has 3 rings (SSSR count). The Hall–Kier alpha value is -2.15. The summed E-state index contributed by atoms with van der Waals surface area (Å²) in [6.07, 6.45) is 4.22. The minimum atomic E-state index is -0.158. The first kappa shape index (κ1) is 19.6. The molecule has 2 saturated heterocycles. The van der Waals surface area contributed by atoms with Crippen LogP contribution in [-0.2, 0) is 14.3 Å². The van der Waals surface area contributed by atoms with E-state index in [4.69, 9.17) is 4.74 Å². The molecule has 0 aliphatic carbocycles. The second-order valence-corrected chi connectivity index (χ2v) is 7.59. The van der Waals surface area contributed by atoms with Gasteiger partial charge >= 0.3 is 0 Å². The average Bonchev–Trinajstić information content (AvgIpc) is 2.67. The standard InChI is InChI=1S/C20H30N4O3/c1-4-19(25)23-9-5-6-16(13-23)20(26)22-17-7-8-18(21-10-17)24-11-14(2)27-15(3)12-24/h7-8,10,14-16H,4-6,9,11-13H2,1-3H3,(H,22,26). The second-order valence-electron chi connectivity index (χ2n) is 7.59. The van der Waals surface area contributed by atoms with Crippen LogP contribution >= 0.6 is 0 Å². The molecular formula is C20H30N4O3. The number of ether oxygens (including phenoxy) is 1. The number of rotatable bonds is 4. The number of likely N-dealkylation sites (tertiary alicyclic amines) is 1. The van der Waals surface area contributed by atoms with Gasteiger partial charge in [-0.15, -0.1) is 0 Å². The van der Waals surface area contributed by atoms with Crippen molar-refractivity contribution in [2.45, 2.75) is 52.2 Å². The van der Waals surface area contributed by atoms with E-state index in [0.717, 1.165) is 38.3 Å². The van der Waals surface area contributed by atoms with Crippen LogP contribution < -0.4 is 10.2 Å². The van der Waals surface area contributed by atoms with Gasteiger partial charge in [0.2, 0.25) is 11.8 Å². The number of carbonyl (C=O) groups is 2. The zero-order valence-electron chi connectivity index (χ0n) is 16.5. The first-order valence-electron chi connectivity index (χ1n) is 9.91. The summed E-state index contributed by atoms with van der Waals surface area (Å²) in [5.41, 5.74) is 0.692. The van der Waals surface area contributed by atoms with Crippen molar-refractivity contribution in [3.8, 4) is 0 Å². The number of carbonyl (C=O) groups excluding carboxylic acids is 2. The fraction of sp³-hybridized carbons (Fsp3) is 0.650. The van der Waals surface area contributed by atoms with Crippen LogP contribution in [0, 0.1) is 5.92 Å². The summed E-state index contributed by atoms with van der Waals surface area (Å²) >= 11 is 0. The lowest BCUT2D eigenvalue weighted by molar-refractivity contribution is -0.134. The van der Waals surface area contributed by atoms with Crippen LogP contribution in [0.2, 0.25) is 0 Å². The molecular weight excluding hydrogens is 344 g/mol. The zero-order valence-corrected chi connectivity index (χ0v) is 16.5. The summed E-state index contributed by atoms with van der Waals surface area (Å²) in [6, 6.07) is 3.83. The fourth-order valence-corrected chi connectivity index (χ4v) is 3.90. The maximum absolute atomic E-state index is 12.6. The van der Waals surface area contributed by atoms with Gasteiger partial charge in [0.15, 0.2) is 0 Å². The van der Waals surface area contributed by atoms with Crippen LogP contribution in [-0.4, -0.2) is 60.1 Å². The van der Waals surface area contributed by atoms with Crippen LogP contribution in [0.15, 0.2) is 18.3 Å². The van der Waals surface area contributed by atoms with Gasteiger partial charge in [-0.1, -0.05) is 6.92 Å². The highest BCUT2D eigenvalue weighted by Gasteiger charge is 2.28. The molecule has 2 aliphatic rings. The number of hydrogen-bond donors (Lipinski definition) is 1. The van der Waals surface area contributed by atoms with Crippen LogP contribution in [0.4, 0.5) is 11.5 Å². The summed E-state index contributed by atoms with van der Waals surface area (Å²) in [7, 11) is 0. The molecule has 0 radical (unpaired) electrons. The van der Waals surface area contributed by atoms with E-state index in [1.54, 1.807) is 11.1 Å². The fourth-order valence-electron chi connectivity index (χ4n) is 3.90. The van der Waals surface area contributed by atoms with E-state index in [2.05, 4.69) is 29.0 Å². The second kappa shape index (κ2) is 8.69. The highest BCUT2D eigenvalue weighted by molar-refractivity contribution is 5.93. The van der Waals surface area contributed by atoms with Crippen molar-refractivity contribution in [2.75, 3.05) is 36.4 Å². The van der Waals surface area contributed by atoms with Crippen molar-refractivity contribution in [3.05, 3.63) is 18.3 Å². The Labute approximate surface area is 161 Å². The molecule has 0 saturated carbocycles. The molecule has 148 valence electrons. The van der Waals surface area contributed by atoms with Gasteiger partial charge in [-0.3, -0.25) is 9.59 Å². The molecule has 1 N–H and O–H groups in total. The number of morpholine rings is 1. The number of aromatic nitrogens is 1. The average molecular weight is 374 g/mol. The molecule has 2 amide bonds. The lowest BCUT2D eigenvalue weighted by atomic mass is 9.97. The highest BCUT2D eigenvalue weighted by atomic mass is 16.5. The van der Waals surface area contributed by atoms with E-state index >= 15 is 0 Å². The number of hydrogen-bond acceptors (Lipinski definition) is 5. The third-order valence-electron chi connectivity index (χ3n) is 5.21. The molecule has 0 bridgehead atoms. The molecule has 3 unspecified atom stereocenters. The van der Waals surface area contributed by atoms with Crippen molar-refractivity contribution >= 4 is 23.3 Å². The molecule has 2 fully saturated rings. The Bertz CT molecular complexity index is 654. The number of anilines is 2. The number of piperidine rings is 1. The van der Waals surface area contributed by atoms with Crippen molar-refractivity contribution in [3.63, 3.8) is 0 Å². The van der Waals surface area contributed by atoms with Gasteiger partial charge in [0.25, 0.3) is 0 Å². The maximum Gasteiger partial charge on any atom is 0.229 e. The Morgan fingerprint density at radius 1 is 1.22 bits per heavy atom. The highest BCUT2D eigenvalue weighted by Crippen LogP contribution is 2.22. The summed E-state index contributed by atoms with van der Waals surface area (Å²) in [5.74, 6) is 0.821. The van der Waals surface area contributed by atoms with Crippen molar-refractivity contribution in [2.24, 2.45) is 5.92 Å². The van der Waals surface area contributed by atoms with E-state index in [9.17, 15) is 9.59 Å². The van der Waals surface area contributed by atoms with Crippen LogP contribution in [0.5, 0.6) is 0 Å². The number of pyridine rings is 1. The summed E-state index contributed by atoms with van der Waals surface area (Å²) in [6.45, 7) is 8.87. The molecule has 0 spiro atoms. The molecule has 0 aromatic carbocycles. The molecule has 7 nitrogen and oxygen atoms in total. The topological polar surface area (TPSA) is 74.8 Å². The van der Waals surface area contributed by atoms with E-state index in [1.807, 2.05) is 19.1 Å². The van der Waals surface area contributed by atoms with Gasteiger partial charge in [-0.25, -0.2) is 4.98 Å².